The minimum atomic E-state index is -0.897. The van der Waals surface area contributed by atoms with Gasteiger partial charge in [0.1, 0.15) is 0 Å². The lowest BCUT2D eigenvalue weighted by molar-refractivity contribution is -0.137. The minimum Gasteiger partial charge on any atom is -0.481 e. The summed E-state index contributed by atoms with van der Waals surface area (Å²) >= 11 is 0. The highest BCUT2D eigenvalue weighted by Crippen LogP contribution is 2.11. The Balaban J connectivity index is 2.50. The van der Waals surface area contributed by atoms with Crippen LogP contribution in [-0.4, -0.2) is 53.3 Å². The molecule has 0 saturated carbocycles. The van der Waals surface area contributed by atoms with Crippen molar-refractivity contribution in [1.82, 2.24) is 10.2 Å². The predicted molar refractivity (Wildman–Crippen MR) is 66.4 cm³/mol. The molecule has 18 heavy (non-hydrogen) atoms. The van der Waals surface area contributed by atoms with Crippen LogP contribution < -0.4 is 5.32 Å². The first-order chi connectivity index (χ1) is 8.42. The number of hydrogen-bond acceptors (Lipinski definition) is 3. The van der Waals surface area contributed by atoms with Crippen LogP contribution in [0.2, 0.25) is 0 Å². The van der Waals surface area contributed by atoms with Gasteiger partial charge in [-0.2, -0.15) is 0 Å². The summed E-state index contributed by atoms with van der Waals surface area (Å²) in [5, 5.41) is 11.5. The molecule has 3 atom stereocenters. The molecule has 1 saturated heterocycles. The van der Waals surface area contributed by atoms with Crippen LogP contribution >= 0.6 is 0 Å². The van der Waals surface area contributed by atoms with E-state index in [2.05, 4.69) is 5.32 Å². The van der Waals surface area contributed by atoms with Gasteiger partial charge >= 0.3 is 12.0 Å². The highest BCUT2D eigenvalue weighted by molar-refractivity contribution is 5.76. The lowest BCUT2D eigenvalue weighted by Gasteiger charge is -2.36. The summed E-state index contributed by atoms with van der Waals surface area (Å²) in [6.07, 6.45) is 0.587. The first-order valence-electron chi connectivity index (χ1n) is 6.35. The van der Waals surface area contributed by atoms with Crippen LogP contribution in [-0.2, 0) is 9.53 Å². The summed E-state index contributed by atoms with van der Waals surface area (Å²) in [4.78, 5) is 24.3. The molecule has 0 aromatic rings. The van der Waals surface area contributed by atoms with Gasteiger partial charge in [0.25, 0.3) is 0 Å². The molecule has 2 amide bonds. The molecule has 6 nitrogen and oxygen atoms in total. The maximum Gasteiger partial charge on any atom is 0.317 e. The lowest BCUT2D eigenvalue weighted by Crippen LogP contribution is -2.53. The molecule has 2 N–H and O–H groups in total. The molecular weight excluding hydrogens is 236 g/mol. The average Bonchev–Trinajstić information content (AvgIpc) is 2.26. The van der Waals surface area contributed by atoms with Crippen LogP contribution in [0, 0.1) is 0 Å². The van der Waals surface area contributed by atoms with Crippen LogP contribution in [0.5, 0.6) is 0 Å². The number of aliphatic carboxylic acids is 1. The molecule has 0 radical (unpaired) electrons. The number of nitrogens with one attached hydrogen (secondary N) is 1. The second-order valence-corrected chi connectivity index (χ2v) is 4.81. The first kappa shape index (κ1) is 14.8. The molecule has 6 heteroatoms. The molecule has 0 aliphatic carbocycles. The Bertz CT molecular complexity index is 298. The molecule has 3 unspecified atom stereocenters. The zero-order chi connectivity index (χ0) is 13.7. The number of nitrogens with zero attached hydrogens (tertiary/aromatic N) is 1. The van der Waals surface area contributed by atoms with Gasteiger partial charge in [0.15, 0.2) is 0 Å². The second kappa shape index (κ2) is 6.58. The van der Waals surface area contributed by atoms with E-state index in [1.54, 1.807) is 4.90 Å². The molecule has 0 bridgehead atoms. The molecule has 104 valence electrons. The molecule has 0 spiro atoms. The smallest absolute Gasteiger partial charge is 0.317 e. The third-order valence-electron chi connectivity index (χ3n) is 2.95. The number of carbonyl (C=O) groups is 2. The fourth-order valence-corrected chi connectivity index (χ4v) is 2.12. The van der Waals surface area contributed by atoms with Gasteiger partial charge in [-0.1, -0.05) is 6.92 Å². The SMILES string of the molecule is CCC(CC(=O)O)NC(=O)N1CC(C)OC(C)C1. The summed E-state index contributed by atoms with van der Waals surface area (Å²) in [6, 6.07) is -0.520. The number of carbonyl (C=O) groups excluding carboxylic acids is 1. The van der Waals surface area contributed by atoms with E-state index >= 15 is 0 Å². The molecule has 1 aliphatic rings. The van der Waals surface area contributed by atoms with Gasteiger partial charge in [-0.3, -0.25) is 4.79 Å². The van der Waals surface area contributed by atoms with Crippen LogP contribution in [0.15, 0.2) is 0 Å². The van der Waals surface area contributed by atoms with Gasteiger partial charge in [0.05, 0.1) is 18.6 Å². The number of carboxylic acids is 1. The largest absolute Gasteiger partial charge is 0.481 e. The Morgan fingerprint density at radius 2 is 1.94 bits per heavy atom. The topological polar surface area (TPSA) is 78.9 Å². The van der Waals surface area contributed by atoms with Crippen molar-refractivity contribution in [2.75, 3.05) is 13.1 Å². The molecule has 0 aromatic carbocycles. The van der Waals surface area contributed by atoms with Crippen molar-refractivity contribution in [2.45, 2.75) is 51.9 Å². The molecular formula is C12H22N2O4. The van der Waals surface area contributed by atoms with Crippen molar-refractivity contribution in [2.24, 2.45) is 0 Å². The normalized spacial score (nSPS) is 25.6. The number of rotatable bonds is 4. The monoisotopic (exact) mass is 258 g/mol. The van der Waals surface area contributed by atoms with Gasteiger partial charge in [0.2, 0.25) is 0 Å². The Morgan fingerprint density at radius 1 is 1.39 bits per heavy atom. The Kier molecular flexibility index (Phi) is 5.40. The van der Waals surface area contributed by atoms with E-state index < -0.39 is 5.97 Å². The number of urea groups is 1. The zero-order valence-electron chi connectivity index (χ0n) is 11.2. The molecule has 1 aliphatic heterocycles. The van der Waals surface area contributed by atoms with Crippen molar-refractivity contribution < 1.29 is 19.4 Å². The molecule has 1 rings (SSSR count). The lowest BCUT2D eigenvalue weighted by atomic mass is 10.1. The van der Waals surface area contributed by atoms with E-state index in [0.717, 1.165) is 0 Å². The van der Waals surface area contributed by atoms with Crippen LogP contribution in [0.1, 0.15) is 33.6 Å². The number of ether oxygens (including phenoxy) is 1. The van der Waals surface area contributed by atoms with Crippen molar-refractivity contribution in [3.63, 3.8) is 0 Å². The zero-order valence-corrected chi connectivity index (χ0v) is 11.2. The van der Waals surface area contributed by atoms with Crippen LogP contribution in [0.4, 0.5) is 4.79 Å². The van der Waals surface area contributed by atoms with Gasteiger partial charge in [-0.15, -0.1) is 0 Å². The van der Waals surface area contributed by atoms with Crippen LogP contribution in [0.3, 0.4) is 0 Å². The number of morpholine rings is 1. The quantitative estimate of drug-likeness (QED) is 0.790. The van der Waals surface area contributed by atoms with E-state index in [-0.39, 0.29) is 30.7 Å². The molecule has 1 fully saturated rings. The second-order valence-electron chi connectivity index (χ2n) is 4.81. The van der Waals surface area contributed by atoms with Gasteiger partial charge in [-0.05, 0) is 20.3 Å². The van der Waals surface area contributed by atoms with E-state index in [1.807, 2.05) is 20.8 Å². The van der Waals surface area contributed by atoms with E-state index in [9.17, 15) is 9.59 Å². The van der Waals surface area contributed by atoms with E-state index in [1.165, 1.54) is 0 Å². The predicted octanol–water partition coefficient (Wildman–Crippen LogP) is 1.06. The first-order valence-corrected chi connectivity index (χ1v) is 6.35. The van der Waals surface area contributed by atoms with Crippen LogP contribution in [0.25, 0.3) is 0 Å². The average molecular weight is 258 g/mol. The fraction of sp³-hybridized carbons (Fsp3) is 0.833. The highest BCUT2D eigenvalue weighted by atomic mass is 16.5. The van der Waals surface area contributed by atoms with Crippen molar-refractivity contribution in [1.29, 1.82) is 0 Å². The standard InChI is InChI=1S/C12H22N2O4/c1-4-10(5-11(15)16)13-12(17)14-6-8(2)18-9(3)7-14/h8-10H,4-7H2,1-3H3,(H,13,17)(H,15,16). The van der Waals surface area contributed by atoms with Gasteiger partial charge in [-0.25, -0.2) is 4.79 Å². The van der Waals surface area contributed by atoms with E-state index in [0.29, 0.717) is 19.5 Å². The van der Waals surface area contributed by atoms with Crippen molar-refractivity contribution in [3.8, 4) is 0 Å². The van der Waals surface area contributed by atoms with Gasteiger partial charge < -0.3 is 20.1 Å². The summed E-state index contributed by atoms with van der Waals surface area (Å²) in [5.74, 6) is -0.897. The maximum absolute atomic E-state index is 12.0. The summed E-state index contributed by atoms with van der Waals surface area (Å²) in [5.41, 5.74) is 0. The Morgan fingerprint density at radius 3 is 2.39 bits per heavy atom. The summed E-state index contributed by atoms with van der Waals surface area (Å²) in [7, 11) is 0. The van der Waals surface area contributed by atoms with Crippen molar-refractivity contribution in [3.05, 3.63) is 0 Å². The Labute approximate surface area is 107 Å². The Hall–Kier alpha value is -1.30. The summed E-state index contributed by atoms with van der Waals surface area (Å²) in [6.45, 7) is 6.78. The third kappa shape index (κ3) is 4.52. The van der Waals surface area contributed by atoms with Crippen molar-refractivity contribution >= 4 is 12.0 Å². The number of hydrogen-bond donors (Lipinski definition) is 2. The summed E-state index contributed by atoms with van der Waals surface area (Å²) < 4.78 is 5.55. The highest BCUT2D eigenvalue weighted by Gasteiger charge is 2.27. The number of amides is 2. The van der Waals surface area contributed by atoms with Gasteiger partial charge in [0, 0.05) is 19.1 Å². The number of carboxylic acid groups (broad SMARTS) is 1. The van der Waals surface area contributed by atoms with E-state index in [4.69, 9.17) is 9.84 Å². The fourth-order valence-electron chi connectivity index (χ4n) is 2.12. The third-order valence-corrected chi connectivity index (χ3v) is 2.95. The molecule has 0 aromatic heterocycles. The minimum absolute atomic E-state index is 0.0130. The molecule has 1 heterocycles. The maximum atomic E-state index is 12.0.